The van der Waals surface area contributed by atoms with E-state index < -0.39 is 0 Å². The number of hydrogen-bond donors (Lipinski definition) is 1. The van der Waals surface area contributed by atoms with Crippen LogP contribution in [0.3, 0.4) is 0 Å². The van der Waals surface area contributed by atoms with Gasteiger partial charge in [-0.25, -0.2) is 4.98 Å². The second kappa shape index (κ2) is 8.57. The molecule has 2 nitrogen and oxygen atoms in total. The lowest BCUT2D eigenvalue weighted by atomic mass is 10.1. The van der Waals surface area contributed by atoms with E-state index in [1.54, 1.807) is 0 Å². The first-order chi connectivity index (χ1) is 10.2. The van der Waals surface area contributed by atoms with Crippen LogP contribution in [0.4, 0.5) is 0 Å². The zero-order chi connectivity index (χ0) is 15.1. The summed E-state index contributed by atoms with van der Waals surface area (Å²) < 4.78 is 0. The van der Waals surface area contributed by atoms with Crippen molar-refractivity contribution >= 4 is 23.1 Å². The summed E-state index contributed by atoms with van der Waals surface area (Å²) >= 11 is 3.81. The highest BCUT2D eigenvalue weighted by molar-refractivity contribution is 7.99. The van der Waals surface area contributed by atoms with Gasteiger partial charge in [0, 0.05) is 22.7 Å². The Labute approximate surface area is 136 Å². The Morgan fingerprint density at radius 3 is 2.67 bits per heavy atom. The molecule has 1 aromatic heterocycles. The van der Waals surface area contributed by atoms with Crippen LogP contribution < -0.4 is 5.32 Å². The van der Waals surface area contributed by atoms with Crippen LogP contribution in [-0.4, -0.2) is 16.8 Å². The summed E-state index contributed by atoms with van der Waals surface area (Å²) in [5, 5.41) is 5.39. The largest absolute Gasteiger partial charge is 0.312 e. The van der Waals surface area contributed by atoms with Gasteiger partial charge in [-0.1, -0.05) is 51.1 Å². The highest BCUT2D eigenvalue weighted by Crippen LogP contribution is 2.30. The number of thiazole rings is 1. The molecule has 2 rings (SSSR count). The Bertz CT molecular complexity index is 535. The normalized spacial score (nSPS) is 11.2. The van der Waals surface area contributed by atoms with E-state index in [1.807, 2.05) is 23.1 Å². The average Bonchev–Trinajstić information content (AvgIpc) is 2.90. The highest BCUT2D eigenvalue weighted by Gasteiger charge is 2.13. The molecular weight excluding hydrogens is 296 g/mol. The van der Waals surface area contributed by atoms with Gasteiger partial charge in [-0.05, 0) is 18.2 Å². The fourth-order valence-electron chi connectivity index (χ4n) is 2.02. The standard InChI is InChI=1S/C17H24N2S2/c1-4-10-18-11-15-17(14-8-6-5-7-9-14)19-16(21-15)12-20-13(2)3/h5-9,13,18H,4,10-12H2,1-3H3. The molecule has 4 heteroatoms. The number of benzene rings is 1. The summed E-state index contributed by atoms with van der Waals surface area (Å²) in [5.74, 6) is 1.01. The quantitative estimate of drug-likeness (QED) is 0.697. The van der Waals surface area contributed by atoms with Gasteiger partial charge in [0.25, 0.3) is 0 Å². The van der Waals surface area contributed by atoms with E-state index >= 15 is 0 Å². The summed E-state index contributed by atoms with van der Waals surface area (Å²) in [5.41, 5.74) is 2.38. The summed E-state index contributed by atoms with van der Waals surface area (Å²) in [4.78, 5) is 6.24. The topological polar surface area (TPSA) is 24.9 Å². The van der Waals surface area contributed by atoms with Crippen molar-refractivity contribution < 1.29 is 0 Å². The van der Waals surface area contributed by atoms with Crippen molar-refractivity contribution in [3.8, 4) is 11.3 Å². The van der Waals surface area contributed by atoms with Gasteiger partial charge in [0.15, 0.2) is 0 Å². The molecule has 21 heavy (non-hydrogen) atoms. The number of aromatic nitrogens is 1. The third-order valence-electron chi connectivity index (χ3n) is 3.04. The van der Waals surface area contributed by atoms with Gasteiger partial charge in [-0.2, -0.15) is 11.8 Å². The fraction of sp³-hybridized carbons (Fsp3) is 0.471. The van der Waals surface area contributed by atoms with Crippen LogP contribution in [0.2, 0.25) is 0 Å². The lowest BCUT2D eigenvalue weighted by molar-refractivity contribution is 0.681. The number of nitrogens with zero attached hydrogens (tertiary/aromatic N) is 1. The zero-order valence-electron chi connectivity index (χ0n) is 13.1. The molecule has 1 heterocycles. The first-order valence-corrected chi connectivity index (χ1v) is 9.43. The maximum atomic E-state index is 4.89. The predicted octanol–water partition coefficient (Wildman–Crippen LogP) is 4.95. The Kier molecular flexibility index (Phi) is 6.74. The Hall–Kier alpha value is -0.840. The van der Waals surface area contributed by atoms with Gasteiger partial charge in [0.2, 0.25) is 0 Å². The number of rotatable bonds is 8. The molecular formula is C17H24N2S2. The van der Waals surface area contributed by atoms with Gasteiger partial charge in [0.1, 0.15) is 5.01 Å². The molecule has 0 unspecified atom stereocenters. The van der Waals surface area contributed by atoms with E-state index in [4.69, 9.17) is 4.98 Å². The summed E-state index contributed by atoms with van der Waals surface area (Å²) in [6.07, 6.45) is 1.16. The van der Waals surface area contributed by atoms with Crippen molar-refractivity contribution in [2.45, 2.75) is 44.7 Å². The van der Waals surface area contributed by atoms with Crippen LogP contribution in [0, 0.1) is 0 Å². The third-order valence-corrected chi connectivity index (χ3v) is 5.39. The minimum atomic E-state index is 0.649. The Morgan fingerprint density at radius 1 is 1.24 bits per heavy atom. The van der Waals surface area contributed by atoms with Crippen LogP contribution in [0.25, 0.3) is 11.3 Å². The molecule has 0 bridgehead atoms. The molecule has 0 saturated heterocycles. The molecule has 2 aromatic rings. The predicted molar refractivity (Wildman–Crippen MR) is 96.0 cm³/mol. The zero-order valence-corrected chi connectivity index (χ0v) is 14.7. The van der Waals surface area contributed by atoms with Crippen LogP contribution in [0.15, 0.2) is 30.3 Å². The second-order valence-electron chi connectivity index (χ2n) is 5.28. The van der Waals surface area contributed by atoms with Crippen LogP contribution in [0.1, 0.15) is 37.1 Å². The van der Waals surface area contributed by atoms with Crippen molar-refractivity contribution in [3.05, 3.63) is 40.2 Å². The molecule has 0 amide bonds. The van der Waals surface area contributed by atoms with Crippen molar-refractivity contribution in [1.29, 1.82) is 0 Å². The van der Waals surface area contributed by atoms with Gasteiger partial charge in [-0.3, -0.25) is 0 Å². The molecule has 1 N–H and O–H groups in total. The second-order valence-corrected chi connectivity index (χ2v) is 8.01. The van der Waals surface area contributed by atoms with E-state index in [2.05, 4.69) is 56.4 Å². The SMILES string of the molecule is CCCNCc1sc(CSC(C)C)nc1-c1ccccc1. The average molecular weight is 321 g/mol. The molecule has 0 fully saturated rings. The van der Waals surface area contributed by atoms with E-state index in [1.165, 1.54) is 15.4 Å². The fourth-order valence-corrected chi connectivity index (χ4v) is 3.86. The maximum Gasteiger partial charge on any atom is 0.103 e. The smallest absolute Gasteiger partial charge is 0.103 e. The van der Waals surface area contributed by atoms with Crippen LogP contribution >= 0.6 is 23.1 Å². The van der Waals surface area contributed by atoms with Crippen molar-refractivity contribution in [2.75, 3.05) is 6.54 Å². The lowest BCUT2D eigenvalue weighted by Crippen LogP contribution is -2.13. The van der Waals surface area contributed by atoms with Gasteiger partial charge in [-0.15, -0.1) is 11.3 Å². The minimum absolute atomic E-state index is 0.649. The Balaban J connectivity index is 2.19. The number of hydrogen-bond acceptors (Lipinski definition) is 4. The molecule has 0 aliphatic heterocycles. The van der Waals surface area contributed by atoms with Crippen molar-refractivity contribution in [3.63, 3.8) is 0 Å². The first-order valence-electron chi connectivity index (χ1n) is 7.57. The van der Waals surface area contributed by atoms with E-state index in [0.717, 1.165) is 31.0 Å². The molecule has 0 spiro atoms. The number of thioether (sulfide) groups is 1. The van der Waals surface area contributed by atoms with Crippen molar-refractivity contribution in [2.24, 2.45) is 0 Å². The molecule has 0 atom stereocenters. The third kappa shape index (κ3) is 5.13. The summed E-state index contributed by atoms with van der Waals surface area (Å²) in [6, 6.07) is 10.5. The van der Waals surface area contributed by atoms with Gasteiger partial charge in [0.05, 0.1) is 5.69 Å². The summed E-state index contributed by atoms with van der Waals surface area (Å²) in [6.45, 7) is 8.65. The molecule has 1 aromatic carbocycles. The molecule has 0 aliphatic carbocycles. The molecule has 0 aliphatic rings. The molecule has 0 radical (unpaired) electrons. The van der Waals surface area contributed by atoms with Crippen molar-refractivity contribution in [1.82, 2.24) is 10.3 Å². The van der Waals surface area contributed by atoms with Crippen LogP contribution in [-0.2, 0) is 12.3 Å². The number of nitrogens with one attached hydrogen (secondary N) is 1. The van der Waals surface area contributed by atoms with Crippen LogP contribution in [0.5, 0.6) is 0 Å². The summed E-state index contributed by atoms with van der Waals surface area (Å²) in [7, 11) is 0. The first kappa shape index (κ1) is 16.5. The monoisotopic (exact) mass is 320 g/mol. The minimum Gasteiger partial charge on any atom is -0.312 e. The molecule has 0 saturated carbocycles. The maximum absolute atomic E-state index is 4.89. The van der Waals surface area contributed by atoms with E-state index in [9.17, 15) is 0 Å². The Morgan fingerprint density at radius 2 is 2.00 bits per heavy atom. The van der Waals surface area contributed by atoms with E-state index in [-0.39, 0.29) is 0 Å². The van der Waals surface area contributed by atoms with Gasteiger partial charge >= 0.3 is 0 Å². The lowest BCUT2D eigenvalue weighted by Gasteiger charge is -2.03. The van der Waals surface area contributed by atoms with Gasteiger partial charge < -0.3 is 5.32 Å². The highest BCUT2D eigenvalue weighted by atomic mass is 32.2. The molecule has 114 valence electrons. The van der Waals surface area contributed by atoms with E-state index in [0.29, 0.717) is 5.25 Å².